The molecule has 0 aromatic carbocycles. The van der Waals surface area contributed by atoms with Crippen LogP contribution in [0.4, 0.5) is 0 Å². The predicted octanol–water partition coefficient (Wildman–Crippen LogP) is 1.74. The Balaban J connectivity index is 2.86. The van der Waals surface area contributed by atoms with Crippen LogP contribution in [-0.4, -0.2) is 33.5 Å². The van der Waals surface area contributed by atoms with Gasteiger partial charge in [0.2, 0.25) is 0 Å². The Bertz CT molecular complexity index is 135. The molecule has 0 aliphatic rings. The fraction of sp³-hybridized carbons (Fsp3) is 1.00. The van der Waals surface area contributed by atoms with E-state index in [1.165, 1.54) is 0 Å². The molecule has 0 rings (SSSR count). The minimum Gasteiger partial charge on any atom is -0.382 e. The van der Waals surface area contributed by atoms with E-state index in [-0.39, 0.29) is 0 Å². The maximum absolute atomic E-state index is 7.95. The molecule has 0 saturated carbocycles. The monoisotopic (exact) mass is 173 g/mol. The van der Waals surface area contributed by atoms with Crippen molar-refractivity contribution in [2.24, 2.45) is 5.11 Å². The second-order valence-corrected chi connectivity index (χ2v) is 2.27. The third-order valence-corrected chi connectivity index (χ3v) is 1.29. The molecule has 12 heavy (non-hydrogen) atoms. The average Bonchev–Trinajstić information content (AvgIpc) is 2.10. The highest BCUT2D eigenvalue weighted by atomic mass is 16.5. The molecule has 0 aromatic rings. The molecule has 0 radical (unpaired) electrons. The largest absolute Gasteiger partial charge is 0.382 e. The molecule has 0 bridgehead atoms. The summed E-state index contributed by atoms with van der Waals surface area (Å²) in [6, 6.07) is 0. The lowest BCUT2D eigenvalue weighted by Crippen LogP contribution is -2.03. The van der Waals surface area contributed by atoms with Crippen molar-refractivity contribution in [1.29, 1.82) is 0 Å². The smallest absolute Gasteiger partial charge is 0.0700 e. The van der Waals surface area contributed by atoms with Gasteiger partial charge in [-0.3, -0.25) is 0 Å². The highest BCUT2D eigenvalue weighted by Crippen LogP contribution is 1.90. The SMILES string of the molecule is COCCOCCCCN=[N+]=[N-]. The fourth-order valence-corrected chi connectivity index (χ4v) is 0.676. The van der Waals surface area contributed by atoms with Crippen molar-refractivity contribution < 1.29 is 9.47 Å². The summed E-state index contributed by atoms with van der Waals surface area (Å²) in [6.07, 6.45) is 1.82. The number of unbranched alkanes of at least 4 members (excludes halogenated alkanes) is 1. The standard InChI is InChI=1S/C7H15N3O2/c1-11-6-7-12-5-3-2-4-9-10-8/h2-7H2,1H3. The van der Waals surface area contributed by atoms with Crippen LogP contribution in [-0.2, 0) is 9.47 Å². The Kier molecular flexibility index (Phi) is 9.57. The summed E-state index contributed by atoms with van der Waals surface area (Å²) < 4.78 is 9.99. The third-order valence-electron chi connectivity index (χ3n) is 1.29. The minimum atomic E-state index is 0.560. The van der Waals surface area contributed by atoms with Crippen molar-refractivity contribution >= 4 is 0 Å². The minimum absolute atomic E-state index is 0.560. The molecule has 0 aromatic heterocycles. The van der Waals surface area contributed by atoms with Gasteiger partial charge in [0.25, 0.3) is 0 Å². The molecule has 0 heterocycles. The number of azide groups is 1. The van der Waals surface area contributed by atoms with Crippen molar-refractivity contribution in [3.05, 3.63) is 10.4 Å². The average molecular weight is 173 g/mol. The summed E-state index contributed by atoms with van der Waals surface area (Å²) in [6.45, 7) is 2.54. The van der Waals surface area contributed by atoms with E-state index < -0.39 is 0 Å². The molecule has 0 N–H and O–H groups in total. The lowest BCUT2D eigenvalue weighted by molar-refractivity contribution is 0.0690. The van der Waals surface area contributed by atoms with Crippen LogP contribution in [0.5, 0.6) is 0 Å². The maximum atomic E-state index is 7.95. The van der Waals surface area contributed by atoms with E-state index in [0.717, 1.165) is 12.8 Å². The molecule has 0 atom stereocenters. The first-order valence-electron chi connectivity index (χ1n) is 3.99. The molecule has 0 amide bonds. The number of ether oxygens (including phenoxy) is 2. The molecular weight excluding hydrogens is 158 g/mol. The summed E-state index contributed by atoms with van der Waals surface area (Å²) in [5.74, 6) is 0. The zero-order valence-electron chi connectivity index (χ0n) is 7.40. The van der Waals surface area contributed by atoms with Crippen molar-refractivity contribution in [1.82, 2.24) is 0 Å². The number of methoxy groups -OCH3 is 1. The van der Waals surface area contributed by atoms with E-state index >= 15 is 0 Å². The van der Waals surface area contributed by atoms with Crippen LogP contribution < -0.4 is 0 Å². The second-order valence-electron chi connectivity index (χ2n) is 2.27. The van der Waals surface area contributed by atoms with E-state index in [1.807, 2.05) is 0 Å². The van der Waals surface area contributed by atoms with Gasteiger partial charge in [0.05, 0.1) is 13.2 Å². The van der Waals surface area contributed by atoms with Crippen LogP contribution in [0.3, 0.4) is 0 Å². The Morgan fingerprint density at radius 3 is 2.75 bits per heavy atom. The lowest BCUT2D eigenvalue weighted by atomic mass is 10.3. The highest BCUT2D eigenvalue weighted by Gasteiger charge is 1.88. The van der Waals surface area contributed by atoms with E-state index in [1.54, 1.807) is 7.11 Å². The quantitative estimate of drug-likeness (QED) is 0.243. The Morgan fingerprint density at radius 1 is 1.25 bits per heavy atom. The van der Waals surface area contributed by atoms with Crippen LogP contribution in [0.1, 0.15) is 12.8 Å². The predicted molar refractivity (Wildman–Crippen MR) is 45.9 cm³/mol. The van der Waals surface area contributed by atoms with Gasteiger partial charge in [0.1, 0.15) is 0 Å². The van der Waals surface area contributed by atoms with Gasteiger partial charge in [0, 0.05) is 25.2 Å². The lowest BCUT2D eigenvalue weighted by Gasteiger charge is -2.01. The van der Waals surface area contributed by atoms with E-state index in [2.05, 4.69) is 10.0 Å². The van der Waals surface area contributed by atoms with Gasteiger partial charge in [-0.25, -0.2) is 0 Å². The van der Waals surface area contributed by atoms with Gasteiger partial charge in [-0.05, 0) is 18.4 Å². The Morgan fingerprint density at radius 2 is 2.08 bits per heavy atom. The van der Waals surface area contributed by atoms with Crippen LogP contribution in [0.2, 0.25) is 0 Å². The Hall–Kier alpha value is -0.770. The first-order valence-corrected chi connectivity index (χ1v) is 3.99. The van der Waals surface area contributed by atoms with Gasteiger partial charge in [0.15, 0.2) is 0 Å². The molecule has 0 aliphatic carbocycles. The summed E-state index contributed by atoms with van der Waals surface area (Å²) in [5, 5.41) is 3.41. The van der Waals surface area contributed by atoms with Crippen molar-refractivity contribution in [2.45, 2.75) is 12.8 Å². The summed E-state index contributed by atoms with van der Waals surface area (Å²) in [5.41, 5.74) is 7.95. The maximum Gasteiger partial charge on any atom is 0.0700 e. The first kappa shape index (κ1) is 11.2. The summed E-state index contributed by atoms with van der Waals surface area (Å²) in [7, 11) is 1.64. The van der Waals surface area contributed by atoms with Gasteiger partial charge < -0.3 is 9.47 Å². The Labute approximate surface area is 72.3 Å². The topological polar surface area (TPSA) is 67.2 Å². The van der Waals surface area contributed by atoms with Gasteiger partial charge in [-0.15, -0.1) is 0 Å². The number of nitrogens with zero attached hydrogens (tertiary/aromatic N) is 3. The molecule has 0 unspecified atom stereocenters. The van der Waals surface area contributed by atoms with Crippen molar-refractivity contribution in [3.8, 4) is 0 Å². The normalized spacial score (nSPS) is 9.42. The van der Waals surface area contributed by atoms with Gasteiger partial charge >= 0.3 is 0 Å². The van der Waals surface area contributed by atoms with Crippen molar-refractivity contribution in [3.63, 3.8) is 0 Å². The first-order chi connectivity index (χ1) is 5.91. The molecule has 0 saturated heterocycles. The number of rotatable bonds is 8. The number of hydrogen-bond donors (Lipinski definition) is 0. The molecule has 0 aliphatic heterocycles. The van der Waals surface area contributed by atoms with Crippen LogP contribution in [0.15, 0.2) is 5.11 Å². The van der Waals surface area contributed by atoms with Crippen LogP contribution >= 0.6 is 0 Å². The zero-order chi connectivity index (χ0) is 9.07. The van der Waals surface area contributed by atoms with Gasteiger partial charge in [-0.1, -0.05) is 5.11 Å². The fourth-order valence-electron chi connectivity index (χ4n) is 0.676. The number of hydrogen-bond acceptors (Lipinski definition) is 3. The van der Waals surface area contributed by atoms with Crippen LogP contribution in [0.25, 0.3) is 10.4 Å². The molecule has 70 valence electrons. The van der Waals surface area contributed by atoms with E-state index in [9.17, 15) is 0 Å². The molecule has 5 heteroatoms. The van der Waals surface area contributed by atoms with E-state index in [0.29, 0.717) is 26.4 Å². The van der Waals surface area contributed by atoms with Crippen LogP contribution in [0, 0.1) is 0 Å². The highest BCUT2D eigenvalue weighted by molar-refractivity contribution is 4.46. The third kappa shape index (κ3) is 9.23. The van der Waals surface area contributed by atoms with Crippen molar-refractivity contribution in [2.75, 3.05) is 33.5 Å². The zero-order valence-corrected chi connectivity index (χ0v) is 7.40. The summed E-state index contributed by atoms with van der Waals surface area (Å²) in [4.78, 5) is 2.65. The van der Waals surface area contributed by atoms with Gasteiger partial charge in [-0.2, -0.15) is 0 Å². The molecule has 5 nitrogen and oxygen atoms in total. The molecule has 0 fully saturated rings. The van der Waals surface area contributed by atoms with E-state index in [4.69, 9.17) is 15.0 Å². The molecular formula is C7H15N3O2. The second kappa shape index (κ2) is 10.2. The summed E-state index contributed by atoms with van der Waals surface area (Å²) >= 11 is 0. The molecule has 0 spiro atoms.